The number of carbonyl (C=O) groups excluding carboxylic acids is 2. The molecule has 0 spiro atoms. The monoisotopic (exact) mass is 762 g/mol. The number of aromatic nitrogens is 2. The van der Waals surface area contributed by atoms with Gasteiger partial charge in [0.15, 0.2) is 29.7 Å². The number of nitrogens with zero attached hydrogens (tertiary/aromatic N) is 1. The highest BCUT2D eigenvalue weighted by atomic mass is 16.7. The second kappa shape index (κ2) is 15.7. The number of fused-ring (bicyclic) bond motifs is 5. The van der Waals surface area contributed by atoms with Gasteiger partial charge in [0, 0.05) is 28.1 Å². The molecule has 11 nitrogen and oxygen atoms in total. The molecule has 0 saturated carbocycles. The van der Waals surface area contributed by atoms with Gasteiger partial charge < -0.3 is 39.3 Å². The molecule has 2 aliphatic carbocycles. The molecule has 4 aliphatic rings. The van der Waals surface area contributed by atoms with Gasteiger partial charge >= 0.3 is 0 Å². The van der Waals surface area contributed by atoms with Crippen LogP contribution >= 0.6 is 0 Å². The lowest BCUT2D eigenvalue weighted by atomic mass is 9.70. The van der Waals surface area contributed by atoms with Gasteiger partial charge in [0.2, 0.25) is 0 Å². The van der Waals surface area contributed by atoms with E-state index in [0.717, 1.165) is 18.2 Å². The second-order valence-corrected chi connectivity index (χ2v) is 16.0. The molecule has 0 amide bonds. The number of hydrogen-bond donors (Lipinski definition) is 4. The first-order chi connectivity index (χ1) is 26.7. The van der Waals surface area contributed by atoms with Crippen LogP contribution in [0.1, 0.15) is 84.1 Å². The zero-order valence-electron chi connectivity index (χ0n) is 32.7. The maximum Gasteiger partial charge on any atom is 0.194 e. The molecule has 11 heteroatoms. The first-order valence-electron chi connectivity index (χ1n) is 19.5. The lowest BCUT2D eigenvalue weighted by Gasteiger charge is -2.50. The topological polar surface area (TPSA) is 160 Å². The van der Waals surface area contributed by atoms with Gasteiger partial charge in [-0.25, -0.2) is 0 Å². The quantitative estimate of drug-likeness (QED) is 0.146. The van der Waals surface area contributed by atoms with Crippen molar-refractivity contribution < 1.29 is 43.9 Å². The Hall–Kier alpha value is -4.59. The molecule has 1 aromatic carbocycles. The van der Waals surface area contributed by atoms with Crippen LogP contribution in [-0.4, -0.2) is 86.1 Å². The predicted molar refractivity (Wildman–Crippen MR) is 210 cm³/mol. The van der Waals surface area contributed by atoms with E-state index in [0.29, 0.717) is 64.4 Å². The van der Waals surface area contributed by atoms with E-state index >= 15 is 0 Å². The van der Waals surface area contributed by atoms with Crippen molar-refractivity contribution in [1.82, 2.24) is 9.97 Å². The normalized spacial score (nSPS) is 33.3. The van der Waals surface area contributed by atoms with E-state index in [1.54, 1.807) is 51.1 Å². The molecule has 7 unspecified atom stereocenters. The van der Waals surface area contributed by atoms with Crippen molar-refractivity contribution >= 4 is 33.4 Å². The van der Waals surface area contributed by atoms with Gasteiger partial charge in [0.1, 0.15) is 29.8 Å². The number of hydrogen-bond acceptors (Lipinski definition) is 10. The number of benzene rings is 1. The third kappa shape index (κ3) is 7.25. The molecule has 56 heavy (non-hydrogen) atoms. The van der Waals surface area contributed by atoms with Gasteiger partial charge in [-0.1, -0.05) is 50.5 Å². The number of carbonyl (C=O) groups is 2. The molecule has 0 radical (unpaired) electrons. The molecular formula is C45H50N2O9. The zero-order chi connectivity index (χ0) is 39.9. The first-order valence-corrected chi connectivity index (χ1v) is 19.5. The molecule has 3 aromatic rings. The van der Waals surface area contributed by atoms with Gasteiger partial charge in [-0.15, -0.1) is 0 Å². The van der Waals surface area contributed by atoms with E-state index in [1.165, 1.54) is 12.3 Å². The number of allylic oxidation sites excluding steroid dienone is 4. The van der Waals surface area contributed by atoms with Crippen LogP contribution in [0.3, 0.4) is 0 Å². The fraction of sp³-hybridized carbons (Fsp3) is 0.489. The van der Waals surface area contributed by atoms with Crippen molar-refractivity contribution in [3.05, 3.63) is 71.1 Å². The number of ketones is 2. The number of aliphatic hydroxyl groups is 2. The van der Waals surface area contributed by atoms with E-state index in [-0.39, 0.29) is 23.6 Å². The van der Waals surface area contributed by atoms with Crippen LogP contribution < -0.4 is 0 Å². The van der Waals surface area contributed by atoms with E-state index in [9.17, 15) is 24.9 Å². The predicted octanol–water partition coefficient (Wildman–Crippen LogP) is 6.22. The van der Waals surface area contributed by atoms with Crippen molar-refractivity contribution in [3.8, 4) is 29.4 Å². The van der Waals surface area contributed by atoms with Crippen LogP contribution in [0.25, 0.3) is 21.8 Å². The molecule has 4 N–H and O–H groups in total. The molecule has 294 valence electrons. The highest BCUT2D eigenvalue weighted by molar-refractivity contribution is 6.16. The zero-order valence-corrected chi connectivity index (χ0v) is 32.7. The summed E-state index contributed by atoms with van der Waals surface area (Å²) in [6, 6.07) is 6.68. The summed E-state index contributed by atoms with van der Waals surface area (Å²) in [6.45, 7) is 11.8. The van der Waals surface area contributed by atoms with Crippen LogP contribution in [0.5, 0.6) is 5.75 Å². The van der Waals surface area contributed by atoms with E-state index in [4.69, 9.17) is 18.9 Å². The average molecular weight is 763 g/mol. The average Bonchev–Trinajstić information content (AvgIpc) is 3.53. The van der Waals surface area contributed by atoms with Crippen LogP contribution in [0.2, 0.25) is 0 Å². The number of pyridine rings is 1. The smallest absolute Gasteiger partial charge is 0.194 e. The van der Waals surface area contributed by atoms with Crippen molar-refractivity contribution in [2.45, 2.75) is 116 Å². The summed E-state index contributed by atoms with van der Waals surface area (Å²) in [4.78, 5) is 36.1. The third-order valence-electron chi connectivity index (χ3n) is 11.7. The number of ether oxygens (including phenoxy) is 4. The van der Waals surface area contributed by atoms with E-state index < -0.39 is 53.8 Å². The Morgan fingerprint density at radius 1 is 1.16 bits per heavy atom. The molecule has 4 heterocycles. The largest absolute Gasteiger partial charge is 0.508 e. The minimum absolute atomic E-state index is 0.0842. The Morgan fingerprint density at radius 3 is 2.68 bits per heavy atom. The van der Waals surface area contributed by atoms with Gasteiger partial charge in [0.25, 0.3) is 0 Å². The summed E-state index contributed by atoms with van der Waals surface area (Å²) >= 11 is 0. The summed E-state index contributed by atoms with van der Waals surface area (Å²) in [6.07, 6.45) is 2.27. The molecule has 2 saturated heterocycles. The van der Waals surface area contributed by atoms with Crippen molar-refractivity contribution in [3.63, 3.8) is 0 Å². The summed E-state index contributed by atoms with van der Waals surface area (Å²) in [5.41, 5.74) is -0.932. The Labute approximate surface area is 327 Å². The lowest BCUT2D eigenvalue weighted by molar-refractivity contribution is -0.337. The Kier molecular flexibility index (Phi) is 11.1. The molecular weight excluding hydrogens is 712 g/mol. The summed E-state index contributed by atoms with van der Waals surface area (Å²) in [7, 11) is 0. The minimum atomic E-state index is -1.77. The summed E-state index contributed by atoms with van der Waals surface area (Å²) < 4.78 is 26.2. The molecule has 2 bridgehead atoms. The first kappa shape index (κ1) is 39.6. The van der Waals surface area contributed by atoms with Crippen LogP contribution in [-0.2, 0) is 23.7 Å². The fourth-order valence-electron chi connectivity index (χ4n) is 8.52. The lowest BCUT2D eigenvalue weighted by Crippen LogP contribution is -2.65. The molecule has 7 rings (SSSR count). The van der Waals surface area contributed by atoms with E-state index in [2.05, 4.69) is 47.5 Å². The Balaban J connectivity index is 1.28. The summed E-state index contributed by atoms with van der Waals surface area (Å²) in [5.74, 6) is 11.9. The number of aromatic hydroxyl groups is 1. The maximum atomic E-state index is 14.9. The number of phenols is 1. The number of aliphatic hydroxyl groups excluding tert-OH is 1. The van der Waals surface area contributed by atoms with Crippen LogP contribution in [0.4, 0.5) is 0 Å². The number of aromatic amines is 1. The third-order valence-corrected chi connectivity index (χ3v) is 11.7. The second-order valence-electron chi connectivity index (χ2n) is 16.0. The highest BCUT2D eigenvalue weighted by Gasteiger charge is 2.58. The molecule has 2 aliphatic heterocycles. The number of rotatable bonds is 9. The molecule has 2 aromatic heterocycles. The standard InChI is InChI=1S/C45H50N2O9/c1-7-12-32-37-26(4)34(49)23-45(32,52)19-11-9-8-10-13-35(37)55-43-40(56-36-17-14-28(24-53-36)21-25(2)3)42(51)44(6,27(5)54-43)41(50)39-38-30(18-20-46-39)31-22-29(48)15-16-33(31)47-38/h8-9,12,15-16,18,20,22,25,27-28,35-36,40,42-43,47-48,51-52H,7,14,17,21,23-24H2,1-6H3/b9-8-,32-12+/t27?,28?,35-,36?,40?,42?,43?,44?,45-/m0/s1. The Bertz CT molecular complexity index is 2260. The molecule has 9 atom stereocenters. The van der Waals surface area contributed by atoms with Gasteiger partial charge in [-0.3, -0.25) is 14.6 Å². The van der Waals surface area contributed by atoms with Crippen LogP contribution in [0.15, 0.2) is 65.4 Å². The van der Waals surface area contributed by atoms with Crippen LogP contribution in [0, 0.1) is 40.9 Å². The number of nitrogens with one attached hydrogen (secondary N) is 1. The van der Waals surface area contributed by atoms with Crippen molar-refractivity contribution in [2.75, 3.05) is 6.61 Å². The van der Waals surface area contributed by atoms with E-state index in [1.807, 2.05) is 13.0 Å². The summed E-state index contributed by atoms with van der Waals surface area (Å²) in [5, 5.41) is 36.0. The van der Waals surface area contributed by atoms with Gasteiger partial charge in [0.05, 0.1) is 30.1 Å². The van der Waals surface area contributed by atoms with Gasteiger partial charge in [-0.2, -0.15) is 0 Å². The van der Waals surface area contributed by atoms with Crippen molar-refractivity contribution in [1.29, 1.82) is 0 Å². The molecule has 2 fully saturated rings. The number of phenolic OH excluding ortho intramolecular Hbond substituents is 1. The SMILES string of the molecule is CC/C=C1\C2=C(C)C(=O)C[C@@]1(O)C#C/C=C\C#C[C@@H]2OC1OC(C)C(C)(C(=O)c2nccc3c2[nH]c2ccc(O)cc23)C(O)C1OC1CCC(CC(C)C)CO1. The number of Topliss-reactive ketones (excluding diaryl/α,β-unsaturated/α-hetero) is 2. The highest BCUT2D eigenvalue weighted by Crippen LogP contribution is 2.45. The minimum Gasteiger partial charge on any atom is -0.508 e. The Morgan fingerprint density at radius 2 is 1.95 bits per heavy atom. The van der Waals surface area contributed by atoms with Crippen molar-refractivity contribution in [2.24, 2.45) is 17.3 Å². The maximum absolute atomic E-state index is 14.9. The fourth-order valence-corrected chi connectivity index (χ4v) is 8.52. The number of H-pyrrole nitrogens is 1. The van der Waals surface area contributed by atoms with Gasteiger partial charge in [-0.05, 0) is 106 Å².